The number of aromatic nitrogens is 2. The molecule has 1 aromatic heterocycles. The van der Waals surface area contributed by atoms with E-state index in [1.165, 1.54) is 6.07 Å². The Balaban J connectivity index is 1.31. The quantitative estimate of drug-likeness (QED) is 0.0538. The minimum Gasteiger partial charge on any atom is -0.481 e. The highest BCUT2D eigenvalue weighted by Gasteiger charge is 2.39. The van der Waals surface area contributed by atoms with E-state index >= 15 is 0 Å². The molecule has 2 aromatic rings. The van der Waals surface area contributed by atoms with Gasteiger partial charge in [-0.25, -0.2) is 14.8 Å². The van der Waals surface area contributed by atoms with Crippen LogP contribution in [0.2, 0.25) is 0 Å². The van der Waals surface area contributed by atoms with Crippen molar-refractivity contribution in [2.45, 2.75) is 101 Å². The predicted molar refractivity (Wildman–Crippen MR) is 212 cm³/mol. The minimum absolute atomic E-state index is 0.0205. The summed E-state index contributed by atoms with van der Waals surface area (Å²) >= 11 is 0. The lowest BCUT2D eigenvalue weighted by Gasteiger charge is -2.34. The first-order valence-electron chi connectivity index (χ1n) is 19.9. The number of amides is 3. The van der Waals surface area contributed by atoms with Crippen molar-refractivity contribution >= 4 is 47.3 Å². The van der Waals surface area contributed by atoms with Crippen LogP contribution < -0.4 is 37.2 Å². The average Bonchev–Trinajstić information content (AvgIpc) is 3.71. The van der Waals surface area contributed by atoms with Gasteiger partial charge in [-0.05, 0) is 87.8 Å². The molecule has 0 radical (unpaired) electrons. The van der Waals surface area contributed by atoms with Crippen LogP contribution in [0, 0.1) is 17.2 Å². The summed E-state index contributed by atoms with van der Waals surface area (Å²) in [6.45, 7) is 1.59. The molecule has 0 saturated carbocycles. The summed E-state index contributed by atoms with van der Waals surface area (Å²) in [6.07, 6.45) is -1.45. The minimum atomic E-state index is -4.83. The number of nitrogens with one attached hydrogen (secondary N) is 3. The van der Waals surface area contributed by atoms with Crippen molar-refractivity contribution in [1.29, 1.82) is 5.26 Å². The molecule has 18 nitrogen and oxygen atoms in total. The number of alkyl halides is 3. The number of nitriles is 1. The Kier molecular flexibility index (Phi) is 17.2. The molecule has 4 rings (SSSR count). The standard InChI is InChI=1S/C39H52F3N11O7/c40-39(41,42)37-50-30(22-31(51-37)53-19-3-6-29(53)35(58)46-18-14-25-8-10-26(23-43)11-9-25)52-20-15-24(16-21-52)4-1-7-32(54)48-27(5-2-17-47-38(44)45)34(57)49-28(36(59)60)12-13-33(55)56/h8-11,22,24,27-29H,1-7,12-21H2,(H,46,58)(H,48,54)(H,49,57)(H,55,56)(H,59,60)(H4,44,45,47)/t27?,28?,29-/m0/s1. The molecular formula is C39H52F3N11O7. The second-order valence-electron chi connectivity index (χ2n) is 14.8. The Labute approximate surface area is 345 Å². The number of nitrogens with zero attached hydrogens (tertiary/aromatic N) is 6. The van der Waals surface area contributed by atoms with Gasteiger partial charge in [0.1, 0.15) is 29.8 Å². The maximum absolute atomic E-state index is 14.1. The number of benzene rings is 1. The Morgan fingerprint density at radius 1 is 0.933 bits per heavy atom. The van der Waals surface area contributed by atoms with Crippen LogP contribution in [0.25, 0.3) is 0 Å². The number of carboxylic acids is 2. The molecule has 2 fully saturated rings. The zero-order valence-corrected chi connectivity index (χ0v) is 33.1. The van der Waals surface area contributed by atoms with Gasteiger partial charge in [0, 0.05) is 51.6 Å². The number of aliphatic carboxylic acids is 2. The normalized spacial score (nSPS) is 16.6. The van der Waals surface area contributed by atoms with Gasteiger partial charge in [-0.15, -0.1) is 0 Å². The number of halogens is 3. The molecule has 21 heteroatoms. The number of hydrogen-bond donors (Lipinski definition) is 7. The Morgan fingerprint density at radius 2 is 1.63 bits per heavy atom. The maximum atomic E-state index is 14.1. The molecule has 3 heterocycles. The van der Waals surface area contributed by atoms with Crippen LogP contribution in [0.1, 0.15) is 87.6 Å². The summed E-state index contributed by atoms with van der Waals surface area (Å²) in [5.74, 6) is -5.40. The third-order valence-electron chi connectivity index (χ3n) is 10.4. The highest BCUT2D eigenvalue weighted by Crippen LogP contribution is 2.34. The summed E-state index contributed by atoms with van der Waals surface area (Å²) in [5.41, 5.74) is 12.2. The SMILES string of the molecule is N#Cc1ccc(CCNC(=O)[C@@H]2CCCN2c2cc(N3CCC(CCCC(=O)NC(CCCN=C(N)N)C(=O)NC(CCC(=O)O)C(=O)O)CC3)nc(C(F)(F)F)n2)cc1. The molecule has 60 heavy (non-hydrogen) atoms. The van der Waals surface area contributed by atoms with E-state index in [0.717, 1.165) is 5.56 Å². The van der Waals surface area contributed by atoms with Crippen molar-refractivity contribution in [3.63, 3.8) is 0 Å². The fraction of sp³-hybridized carbons (Fsp3) is 0.564. The van der Waals surface area contributed by atoms with Gasteiger partial charge >= 0.3 is 18.1 Å². The zero-order valence-electron chi connectivity index (χ0n) is 33.1. The van der Waals surface area contributed by atoms with Crippen molar-refractivity contribution < 1.29 is 47.4 Å². The molecule has 3 amide bonds. The van der Waals surface area contributed by atoms with Crippen LogP contribution in [0.4, 0.5) is 24.8 Å². The van der Waals surface area contributed by atoms with Crippen LogP contribution in [-0.2, 0) is 36.6 Å². The van der Waals surface area contributed by atoms with E-state index < -0.39 is 60.3 Å². The van der Waals surface area contributed by atoms with E-state index in [9.17, 15) is 42.3 Å². The highest BCUT2D eigenvalue weighted by molar-refractivity contribution is 5.90. The number of carbonyl (C=O) groups is 5. The summed E-state index contributed by atoms with van der Waals surface area (Å²) in [4.78, 5) is 76.8. The monoisotopic (exact) mass is 843 g/mol. The van der Waals surface area contributed by atoms with Crippen molar-refractivity contribution in [2.24, 2.45) is 22.4 Å². The fourth-order valence-electron chi connectivity index (χ4n) is 7.20. The summed E-state index contributed by atoms with van der Waals surface area (Å²) in [6, 6.07) is 7.21. The molecular weight excluding hydrogens is 791 g/mol. The maximum Gasteiger partial charge on any atom is 0.451 e. The van der Waals surface area contributed by atoms with Gasteiger partial charge < -0.3 is 47.4 Å². The molecule has 326 valence electrons. The van der Waals surface area contributed by atoms with Crippen molar-refractivity contribution in [2.75, 3.05) is 42.5 Å². The van der Waals surface area contributed by atoms with Gasteiger partial charge in [-0.3, -0.25) is 24.2 Å². The lowest BCUT2D eigenvalue weighted by atomic mass is 9.91. The number of piperidine rings is 1. The van der Waals surface area contributed by atoms with Crippen molar-refractivity contribution in [3.8, 4) is 6.07 Å². The second-order valence-corrected chi connectivity index (χ2v) is 14.8. The third kappa shape index (κ3) is 14.6. The average molecular weight is 844 g/mol. The van der Waals surface area contributed by atoms with E-state index in [1.807, 2.05) is 0 Å². The van der Waals surface area contributed by atoms with Crippen LogP contribution in [0.5, 0.6) is 0 Å². The molecule has 0 spiro atoms. The predicted octanol–water partition coefficient (Wildman–Crippen LogP) is 2.05. The molecule has 2 aliphatic heterocycles. The van der Waals surface area contributed by atoms with Gasteiger partial charge in [0.15, 0.2) is 5.96 Å². The number of aliphatic imine (C=N–C) groups is 1. The summed E-state index contributed by atoms with van der Waals surface area (Å²) < 4.78 is 42.3. The van der Waals surface area contributed by atoms with E-state index in [1.54, 1.807) is 34.1 Å². The molecule has 2 saturated heterocycles. The number of guanidine groups is 1. The zero-order chi connectivity index (χ0) is 43.8. The Morgan fingerprint density at radius 3 is 2.27 bits per heavy atom. The fourth-order valence-corrected chi connectivity index (χ4v) is 7.20. The lowest BCUT2D eigenvalue weighted by molar-refractivity contribution is -0.145. The topological polar surface area (TPSA) is 282 Å². The number of hydrogen-bond acceptors (Lipinski definition) is 11. The Hall–Kier alpha value is -6.20. The molecule has 9 N–H and O–H groups in total. The summed E-state index contributed by atoms with van der Waals surface area (Å²) in [5, 5.41) is 35.2. The van der Waals surface area contributed by atoms with Gasteiger partial charge in [0.2, 0.25) is 23.5 Å². The largest absolute Gasteiger partial charge is 0.481 e. The van der Waals surface area contributed by atoms with E-state index in [2.05, 4.69) is 37.0 Å². The van der Waals surface area contributed by atoms with E-state index in [-0.39, 0.29) is 61.6 Å². The van der Waals surface area contributed by atoms with E-state index in [0.29, 0.717) is 76.7 Å². The van der Waals surface area contributed by atoms with Crippen LogP contribution in [-0.4, -0.2) is 107 Å². The van der Waals surface area contributed by atoms with E-state index in [4.69, 9.17) is 21.8 Å². The highest BCUT2D eigenvalue weighted by atomic mass is 19.4. The number of nitrogens with two attached hydrogens (primary N) is 2. The van der Waals surface area contributed by atoms with Crippen LogP contribution in [0.3, 0.4) is 0 Å². The molecule has 1 aromatic carbocycles. The molecule has 2 unspecified atom stereocenters. The molecule has 0 aliphatic carbocycles. The number of carbonyl (C=O) groups excluding carboxylic acids is 3. The lowest BCUT2D eigenvalue weighted by Crippen LogP contribution is -2.51. The van der Waals surface area contributed by atoms with Crippen LogP contribution >= 0.6 is 0 Å². The second kappa shape index (κ2) is 22.2. The number of anilines is 2. The first-order valence-corrected chi connectivity index (χ1v) is 19.9. The molecule has 0 bridgehead atoms. The number of rotatable bonds is 21. The third-order valence-corrected chi connectivity index (χ3v) is 10.4. The van der Waals surface area contributed by atoms with Crippen molar-refractivity contribution in [3.05, 3.63) is 47.3 Å². The summed E-state index contributed by atoms with van der Waals surface area (Å²) in [7, 11) is 0. The Bertz CT molecular complexity index is 1880. The van der Waals surface area contributed by atoms with Crippen LogP contribution in [0.15, 0.2) is 35.3 Å². The smallest absolute Gasteiger partial charge is 0.451 e. The van der Waals surface area contributed by atoms with Gasteiger partial charge in [0.25, 0.3) is 0 Å². The number of carboxylic acid groups (broad SMARTS) is 2. The van der Waals surface area contributed by atoms with Gasteiger partial charge in [-0.2, -0.15) is 18.4 Å². The first kappa shape index (κ1) is 46.5. The molecule has 3 atom stereocenters. The van der Waals surface area contributed by atoms with Gasteiger partial charge in [0.05, 0.1) is 11.6 Å². The molecule has 2 aliphatic rings. The van der Waals surface area contributed by atoms with Gasteiger partial charge in [-0.1, -0.05) is 12.1 Å². The first-order chi connectivity index (χ1) is 28.5. The van der Waals surface area contributed by atoms with Crippen molar-refractivity contribution in [1.82, 2.24) is 25.9 Å².